The fourth-order valence-corrected chi connectivity index (χ4v) is 2.99. The molecular formula is C11H15ClN2O3S. The third-order valence-electron chi connectivity index (χ3n) is 3.31. The van der Waals surface area contributed by atoms with Gasteiger partial charge in [-0.15, -0.1) is 0 Å². The third kappa shape index (κ3) is 2.40. The number of nitrogens with zero attached hydrogens (tertiary/aromatic N) is 1. The standard InChI is InChI=1S/C11H15ClN2O3S/c1-11(2)4-3-5-14(11)10(15)9-6-8(7-13-9)18(12,16)17/h6-7,13H,3-5H2,1-2H3. The van der Waals surface area contributed by atoms with E-state index >= 15 is 0 Å². The third-order valence-corrected chi connectivity index (χ3v) is 4.65. The maximum Gasteiger partial charge on any atom is 0.270 e. The van der Waals surface area contributed by atoms with Crippen molar-refractivity contribution in [1.29, 1.82) is 0 Å². The molecule has 0 aliphatic carbocycles. The second-order valence-electron chi connectivity index (χ2n) is 5.06. The largest absolute Gasteiger partial charge is 0.356 e. The zero-order valence-electron chi connectivity index (χ0n) is 10.2. The van der Waals surface area contributed by atoms with E-state index in [1.165, 1.54) is 12.3 Å². The molecule has 2 heterocycles. The summed E-state index contributed by atoms with van der Waals surface area (Å²) in [7, 11) is 1.42. The Morgan fingerprint density at radius 3 is 2.61 bits per heavy atom. The van der Waals surface area contributed by atoms with Gasteiger partial charge < -0.3 is 9.88 Å². The van der Waals surface area contributed by atoms with E-state index < -0.39 is 9.05 Å². The molecule has 0 radical (unpaired) electrons. The molecule has 1 amide bonds. The highest BCUT2D eigenvalue weighted by Gasteiger charge is 2.36. The molecule has 0 unspecified atom stereocenters. The van der Waals surface area contributed by atoms with E-state index in [2.05, 4.69) is 4.98 Å². The lowest BCUT2D eigenvalue weighted by Crippen LogP contribution is -2.42. The molecule has 0 aromatic carbocycles. The Bertz CT molecular complexity index is 577. The minimum atomic E-state index is -3.80. The van der Waals surface area contributed by atoms with Gasteiger partial charge in [0.05, 0.1) is 0 Å². The van der Waals surface area contributed by atoms with Gasteiger partial charge in [0, 0.05) is 29.0 Å². The molecule has 1 saturated heterocycles. The number of rotatable bonds is 2. The zero-order chi connectivity index (χ0) is 13.6. The number of halogens is 1. The van der Waals surface area contributed by atoms with E-state index in [0.29, 0.717) is 6.54 Å². The molecule has 0 bridgehead atoms. The maximum absolute atomic E-state index is 12.3. The summed E-state index contributed by atoms with van der Waals surface area (Å²) in [5.41, 5.74) is 0.0616. The Morgan fingerprint density at radius 2 is 2.17 bits per heavy atom. The molecule has 1 aromatic rings. The predicted octanol–water partition coefficient (Wildman–Crippen LogP) is 1.96. The van der Waals surface area contributed by atoms with Gasteiger partial charge in [0.2, 0.25) is 0 Å². The maximum atomic E-state index is 12.3. The first-order chi connectivity index (χ1) is 8.22. The van der Waals surface area contributed by atoms with Gasteiger partial charge in [0.25, 0.3) is 15.0 Å². The van der Waals surface area contributed by atoms with Crippen molar-refractivity contribution >= 4 is 25.6 Å². The number of aromatic amines is 1. The molecule has 5 nitrogen and oxygen atoms in total. The van der Waals surface area contributed by atoms with Crippen molar-refractivity contribution in [3.63, 3.8) is 0 Å². The van der Waals surface area contributed by atoms with Gasteiger partial charge in [0.15, 0.2) is 0 Å². The first kappa shape index (κ1) is 13.4. The lowest BCUT2D eigenvalue weighted by atomic mass is 10.0. The molecule has 2 rings (SSSR count). The van der Waals surface area contributed by atoms with Gasteiger partial charge >= 0.3 is 0 Å². The molecule has 0 saturated carbocycles. The Kier molecular flexibility index (Phi) is 3.19. The van der Waals surface area contributed by atoms with Gasteiger partial charge in [-0.3, -0.25) is 4.79 Å². The van der Waals surface area contributed by atoms with Crippen molar-refractivity contribution < 1.29 is 13.2 Å². The normalized spacial score (nSPS) is 19.2. The zero-order valence-corrected chi connectivity index (χ0v) is 11.8. The van der Waals surface area contributed by atoms with E-state index in [4.69, 9.17) is 10.7 Å². The topological polar surface area (TPSA) is 70.2 Å². The lowest BCUT2D eigenvalue weighted by molar-refractivity contribution is 0.0646. The van der Waals surface area contributed by atoms with Crippen molar-refractivity contribution in [3.8, 4) is 0 Å². The SMILES string of the molecule is CC1(C)CCCN1C(=O)c1cc(S(=O)(=O)Cl)c[nH]1. The number of carbonyl (C=O) groups is 1. The first-order valence-electron chi connectivity index (χ1n) is 5.67. The smallest absolute Gasteiger partial charge is 0.270 e. The number of hydrogen-bond donors (Lipinski definition) is 1. The first-order valence-corrected chi connectivity index (χ1v) is 7.98. The number of hydrogen-bond acceptors (Lipinski definition) is 3. The van der Waals surface area contributed by atoms with Crippen molar-refractivity contribution in [2.75, 3.05) is 6.54 Å². The second kappa shape index (κ2) is 4.28. The van der Waals surface area contributed by atoms with Crippen molar-refractivity contribution in [1.82, 2.24) is 9.88 Å². The molecule has 1 fully saturated rings. The quantitative estimate of drug-likeness (QED) is 0.847. The molecule has 1 aliphatic rings. The van der Waals surface area contributed by atoms with Gasteiger partial charge in [0.1, 0.15) is 10.6 Å². The van der Waals surface area contributed by atoms with Crippen LogP contribution in [0, 0.1) is 0 Å². The summed E-state index contributed by atoms with van der Waals surface area (Å²) < 4.78 is 22.3. The number of nitrogens with one attached hydrogen (secondary N) is 1. The summed E-state index contributed by atoms with van der Waals surface area (Å²) in [6.45, 7) is 4.69. The molecule has 1 N–H and O–H groups in total. The summed E-state index contributed by atoms with van der Waals surface area (Å²) in [5.74, 6) is -0.191. The van der Waals surface area contributed by atoms with Crippen LogP contribution in [0.3, 0.4) is 0 Å². The van der Waals surface area contributed by atoms with Gasteiger partial charge in [-0.2, -0.15) is 0 Å². The average Bonchev–Trinajstić information content (AvgIpc) is 2.81. The summed E-state index contributed by atoms with van der Waals surface area (Å²) in [6.07, 6.45) is 3.14. The van der Waals surface area contributed by atoms with Crippen LogP contribution in [-0.4, -0.2) is 36.3 Å². The Labute approximate surface area is 111 Å². The molecule has 0 spiro atoms. The molecule has 0 atom stereocenters. The molecule has 18 heavy (non-hydrogen) atoms. The van der Waals surface area contributed by atoms with Crippen LogP contribution in [0.2, 0.25) is 0 Å². The number of H-pyrrole nitrogens is 1. The van der Waals surface area contributed by atoms with Crippen molar-refractivity contribution in [2.24, 2.45) is 0 Å². The molecule has 7 heteroatoms. The van der Waals surface area contributed by atoms with E-state index in [-0.39, 0.29) is 22.0 Å². The fourth-order valence-electron chi connectivity index (χ4n) is 2.27. The highest BCUT2D eigenvalue weighted by atomic mass is 35.7. The highest BCUT2D eigenvalue weighted by Crippen LogP contribution is 2.30. The van der Waals surface area contributed by atoms with Crippen LogP contribution in [0.15, 0.2) is 17.2 Å². The van der Waals surface area contributed by atoms with Crippen LogP contribution in [-0.2, 0) is 9.05 Å². The van der Waals surface area contributed by atoms with Crippen LogP contribution in [0.1, 0.15) is 37.2 Å². The van der Waals surface area contributed by atoms with Crippen LogP contribution < -0.4 is 0 Å². The number of amides is 1. The Morgan fingerprint density at radius 1 is 1.50 bits per heavy atom. The number of aromatic nitrogens is 1. The Hall–Kier alpha value is -1.01. The summed E-state index contributed by atoms with van der Waals surface area (Å²) in [6, 6.07) is 1.28. The van der Waals surface area contributed by atoms with Crippen LogP contribution in [0.4, 0.5) is 0 Å². The van der Waals surface area contributed by atoms with Crippen LogP contribution >= 0.6 is 10.7 Å². The van der Waals surface area contributed by atoms with Crippen LogP contribution in [0.25, 0.3) is 0 Å². The number of likely N-dealkylation sites (tertiary alicyclic amines) is 1. The molecule has 1 aliphatic heterocycles. The van der Waals surface area contributed by atoms with Gasteiger partial charge in [-0.05, 0) is 32.8 Å². The monoisotopic (exact) mass is 290 g/mol. The highest BCUT2D eigenvalue weighted by molar-refractivity contribution is 8.13. The Balaban J connectivity index is 2.28. The average molecular weight is 291 g/mol. The second-order valence-corrected chi connectivity index (χ2v) is 7.63. The van der Waals surface area contributed by atoms with Crippen molar-refractivity contribution in [3.05, 3.63) is 18.0 Å². The fraction of sp³-hybridized carbons (Fsp3) is 0.545. The minimum absolute atomic E-state index is 0.0791. The summed E-state index contributed by atoms with van der Waals surface area (Å²) in [4.78, 5) is 16.6. The van der Waals surface area contributed by atoms with Gasteiger partial charge in [-0.1, -0.05) is 0 Å². The lowest BCUT2D eigenvalue weighted by Gasteiger charge is -2.31. The van der Waals surface area contributed by atoms with Gasteiger partial charge in [-0.25, -0.2) is 8.42 Å². The number of carbonyl (C=O) groups excluding carboxylic acids is 1. The van der Waals surface area contributed by atoms with Crippen LogP contribution in [0.5, 0.6) is 0 Å². The van der Waals surface area contributed by atoms with E-state index in [0.717, 1.165) is 12.8 Å². The molecule has 100 valence electrons. The molecular weight excluding hydrogens is 276 g/mol. The summed E-state index contributed by atoms with van der Waals surface area (Å²) >= 11 is 0. The van der Waals surface area contributed by atoms with E-state index in [1.54, 1.807) is 4.90 Å². The minimum Gasteiger partial charge on any atom is -0.356 e. The predicted molar refractivity (Wildman–Crippen MR) is 68.2 cm³/mol. The molecule has 1 aromatic heterocycles. The van der Waals surface area contributed by atoms with E-state index in [1.807, 2.05) is 13.8 Å². The van der Waals surface area contributed by atoms with E-state index in [9.17, 15) is 13.2 Å². The summed E-state index contributed by atoms with van der Waals surface area (Å²) in [5, 5.41) is 0. The van der Waals surface area contributed by atoms with Crippen molar-refractivity contribution in [2.45, 2.75) is 37.1 Å².